The Morgan fingerprint density at radius 1 is 0.423 bits per heavy atom. The summed E-state index contributed by atoms with van der Waals surface area (Å²) in [6.45, 7) is 1.80. The smallest absolute Gasteiger partial charge is 0.315 e. The Kier molecular flexibility index (Phi) is 40.3. The van der Waals surface area contributed by atoms with Crippen LogP contribution in [0.3, 0.4) is 0 Å². The van der Waals surface area contributed by atoms with Crippen LogP contribution in [-0.4, -0.2) is 435 Å². The predicted octanol–water partition coefficient (Wildman–Crippen LogP) is -11.0. The van der Waals surface area contributed by atoms with Crippen LogP contribution in [0.1, 0.15) is 38.5 Å². The van der Waals surface area contributed by atoms with E-state index in [4.69, 9.17) is 85.3 Å². The molecule has 28 atom stereocenters. The Labute approximate surface area is 604 Å². The number of fused-ring (bicyclic) bond motifs is 1. The van der Waals surface area contributed by atoms with E-state index >= 15 is 0 Å². The SMILES string of the molecule is O=C(CCCC[C@H]1SC[C@H]2NC(=O)N[C@H]21)NCCOCCOCCOCCOCCOCCOCCOCCOCCC(=O)NCCCO[C@H]1O[C@H](CO[C@@H]2O[C@@H]([C@H](CO)O[C@@H]3O[C@@H]([C@H](CO)O[C@@H]4O[C@@H]([C@H](CO)O[C@@H]5O[C@@H]([C@@H](O)CO)[C@H](O)[C@H]5O)[C@H](O)[C@H]4O)[C@H](O)[C@H]3O)[C@H](O)[C@H]2O)[C@@H](O)[C@H](O)[C@@H]1O. The third kappa shape index (κ3) is 27.0. The van der Waals surface area contributed by atoms with Gasteiger partial charge in [0, 0.05) is 36.9 Å². The van der Waals surface area contributed by atoms with E-state index in [1.165, 1.54) is 0 Å². The van der Waals surface area contributed by atoms with Gasteiger partial charge in [0.15, 0.2) is 31.5 Å². The monoisotopic (exact) mass is 1530 g/mol. The minimum atomic E-state index is -1.97. The van der Waals surface area contributed by atoms with E-state index in [1.54, 1.807) is 0 Å². The number of ether oxygens (including phenoxy) is 18. The number of urea groups is 1. The lowest BCUT2D eigenvalue weighted by atomic mass is 9.99. The Morgan fingerprint density at radius 2 is 0.827 bits per heavy atom. The van der Waals surface area contributed by atoms with Crippen LogP contribution in [0.15, 0.2) is 0 Å². The lowest BCUT2D eigenvalue weighted by Gasteiger charge is -2.40. The number of nitrogens with one attached hydrogen (secondary N) is 4. The van der Waals surface area contributed by atoms with Gasteiger partial charge in [-0.3, -0.25) is 9.59 Å². The molecule has 7 rings (SSSR count). The number of aliphatic hydroxyl groups excluding tert-OH is 16. The fourth-order valence-electron chi connectivity index (χ4n) is 12.1. The Morgan fingerprint density at radius 3 is 1.31 bits per heavy atom. The molecule has 0 saturated carbocycles. The van der Waals surface area contributed by atoms with Crippen LogP contribution in [0.5, 0.6) is 0 Å². The number of thioether (sulfide) groups is 1. The first-order valence-corrected chi connectivity index (χ1v) is 36.2. The van der Waals surface area contributed by atoms with Gasteiger partial charge >= 0.3 is 6.03 Å². The summed E-state index contributed by atoms with van der Waals surface area (Å²) in [6.07, 6.45) is -40.1. The molecule has 7 aliphatic heterocycles. The molecule has 7 saturated heterocycles. The van der Waals surface area contributed by atoms with Crippen molar-refractivity contribution < 1.29 is 181 Å². The van der Waals surface area contributed by atoms with Crippen molar-refractivity contribution >= 4 is 29.6 Å². The van der Waals surface area contributed by atoms with E-state index in [-0.39, 0.29) is 75.7 Å². The van der Waals surface area contributed by atoms with Crippen molar-refractivity contribution in [2.45, 2.75) is 209 Å². The third-order valence-electron chi connectivity index (χ3n) is 17.9. The zero-order chi connectivity index (χ0) is 75.1. The standard InChI is InChI=1S/C62H110N4O37S/c67-26-33(71)53-44(76)50(82)59(100-53)96-35(28-69)55-46(78)52(84)61(102-55)98-36(29-70)56-47(79)51(83)60(103-56)97-34(27-68)54-45(77)49(81)58(101-54)95-30-37-42(74)43(75)48(80)57(99-37)94-9-3-7-63-40(73)6-10-86-12-14-88-16-18-90-20-22-92-24-25-93-23-21-91-19-17-89-15-13-87-11-8-64-39(72)5-2-1-4-38-41-32(31-104-38)65-62(85)66-41/h32-38,41-61,67-71,74-84H,1-31H2,(H,63,73)(H,64,72)(H2,65,66,85)/t32-,33+,34+,35+,36+,37-,38-,41-,42-,43+,44-,45-,46-,47-,48+,49-,50-,51-,52-,53+,54+,55+,56+,57+,58-,59-,60-,61-/m1/s1. The molecular weight excluding hydrogens is 1420 g/mol. The van der Waals surface area contributed by atoms with Gasteiger partial charge in [0.05, 0.1) is 157 Å². The number of amides is 4. The zero-order valence-electron chi connectivity index (χ0n) is 57.7. The first kappa shape index (κ1) is 88.4. The maximum atomic E-state index is 12.4. The molecule has 42 heteroatoms. The number of hydrogen-bond donors (Lipinski definition) is 20. The average molecular weight is 1540 g/mol. The second-order valence-electron chi connectivity index (χ2n) is 25.4. The van der Waals surface area contributed by atoms with Gasteiger partial charge in [0.1, 0.15) is 122 Å². The summed E-state index contributed by atoms with van der Waals surface area (Å²) in [5.74, 6) is 0.624. The molecule has 7 heterocycles. The van der Waals surface area contributed by atoms with E-state index < -0.39 is 187 Å². The van der Waals surface area contributed by atoms with Crippen LogP contribution in [0.25, 0.3) is 0 Å². The summed E-state index contributed by atoms with van der Waals surface area (Å²) in [7, 11) is 0. The summed E-state index contributed by atoms with van der Waals surface area (Å²) < 4.78 is 100.0. The minimum absolute atomic E-state index is 0.00660. The molecule has 0 aromatic carbocycles. The van der Waals surface area contributed by atoms with Gasteiger partial charge in [0.2, 0.25) is 11.8 Å². The van der Waals surface area contributed by atoms with Crippen LogP contribution in [0.4, 0.5) is 4.79 Å². The van der Waals surface area contributed by atoms with Crippen LogP contribution < -0.4 is 21.3 Å². The number of hydrogen-bond acceptors (Lipinski definition) is 38. The van der Waals surface area contributed by atoms with Gasteiger partial charge in [-0.2, -0.15) is 11.8 Å². The number of aliphatic hydroxyl groups is 16. The van der Waals surface area contributed by atoms with Gasteiger partial charge in [-0.1, -0.05) is 6.42 Å². The maximum absolute atomic E-state index is 12.4. The van der Waals surface area contributed by atoms with Crippen LogP contribution >= 0.6 is 11.8 Å². The third-order valence-corrected chi connectivity index (χ3v) is 19.4. The van der Waals surface area contributed by atoms with Crippen molar-refractivity contribution in [3.8, 4) is 0 Å². The molecule has 20 N–H and O–H groups in total. The molecule has 0 bridgehead atoms. The van der Waals surface area contributed by atoms with Crippen LogP contribution in [-0.2, 0) is 94.9 Å². The van der Waals surface area contributed by atoms with Crippen LogP contribution in [0.2, 0.25) is 0 Å². The topological polar surface area (TPSA) is 589 Å². The number of rotatable bonds is 54. The fraction of sp³-hybridized carbons (Fsp3) is 0.952. The van der Waals surface area contributed by atoms with Gasteiger partial charge < -0.3 is 188 Å². The zero-order valence-corrected chi connectivity index (χ0v) is 58.5. The lowest BCUT2D eigenvalue weighted by molar-refractivity contribution is -0.311. The molecule has 104 heavy (non-hydrogen) atoms. The highest BCUT2D eigenvalue weighted by Crippen LogP contribution is 2.37. The molecule has 41 nitrogen and oxygen atoms in total. The molecular formula is C62H110N4O37S. The summed E-state index contributed by atoms with van der Waals surface area (Å²) in [5.41, 5.74) is 0. The first-order valence-electron chi connectivity index (χ1n) is 35.1. The Balaban J connectivity index is 0.641. The number of carbonyl (C=O) groups excluding carboxylic acids is 3. The molecule has 0 aromatic rings. The van der Waals surface area contributed by atoms with E-state index in [0.717, 1.165) is 25.0 Å². The molecule has 606 valence electrons. The predicted molar refractivity (Wildman–Crippen MR) is 346 cm³/mol. The number of carbonyl (C=O) groups is 3. The molecule has 7 aliphatic rings. The van der Waals surface area contributed by atoms with Crippen molar-refractivity contribution in [2.75, 3.05) is 164 Å². The lowest BCUT2D eigenvalue weighted by Crippen LogP contribution is -2.59. The minimum Gasteiger partial charge on any atom is -0.394 e. The Hall–Kier alpha value is -2.80. The summed E-state index contributed by atoms with van der Waals surface area (Å²) in [5, 5.41) is 180. The summed E-state index contributed by atoms with van der Waals surface area (Å²) >= 11 is 1.88. The maximum Gasteiger partial charge on any atom is 0.315 e. The summed E-state index contributed by atoms with van der Waals surface area (Å²) in [4.78, 5) is 36.0. The fourth-order valence-corrected chi connectivity index (χ4v) is 13.6. The first-order chi connectivity index (χ1) is 50.2. The highest BCUT2D eigenvalue weighted by atomic mass is 32.2. The second kappa shape index (κ2) is 47.4. The van der Waals surface area contributed by atoms with Gasteiger partial charge in [-0.25, -0.2) is 4.79 Å². The van der Waals surface area contributed by atoms with Crippen molar-refractivity contribution in [3.05, 3.63) is 0 Å². The van der Waals surface area contributed by atoms with Crippen molar-refractivity contribution in [3.63, 3.8) is 0 Å². The van der Waals surface area contributed by atoms with E-state index in [9.17, 15) is 96.1 Å². The molecule has 0 spiro atoms. The summed E-state index contributed by atoms with van der Waals surface area (Å²) in [6, 6.07) is 0.313. The van der Waals surface area contributed by atoms with E-state index in [1.807, 2.05) is 11.8 Å². The molecule has 7 fully saturated rings. The Bertz CT molecular complexity index is 2390. The number of unbranched alkanes of at least 4 members (excludes halogenated alkanes) is 1. The van der Waals surface area contributed by atoms with Crippen molar-refractivity contribution in [1.82, 2.24) is 21.3 Å². The van der Waals surface area contributed by atoms with Crippen LogP contribution in [0, 0.1) is 0 Å². The highest BCUT2D eigenvalue weighted by Gasteiger charge is 2.56. The molecule has 4 amide bonds. The molecule has 0 unspecified atom stereocenters. The van der Waals surface area contributed by atoms with Crippen molar-refractivity contribution in [2.24, 2.45) is 0 Å². The average Bonchev–Trinajstić information content (AvgIpc) is 1.71. The normalized spacial score (nSPS) is 35.2. The van der Waals surface area contributed by atoms with Gasteiger partial charge in [-0.05, 0) is 19.3 Å². The van der Waals surface area contributed by atoms with Gasteiger partial charge in [0.25, 0.3) is 0 Å². The quantitative estimate of drug-likeness (QED) is 0.0199. The molecule has 0 aromatic heterocycles. The van der Waals surface area contributed by atoms with Gasteiger partial charge in [-0.15, -0.1) is 0 Å². The highest BCUT2D eigenvalue weighted by molar-refractivity contribution is 8.00. The van der Waals surface area contributed by atoms with E-state index in [2.05, 4.69) is 21.3 Å². The van der Waals surface area contributed by atoms with E-state index in [0.29, 0.717) is 104 Å². The molecule has 0 radical (unpaired) electrons. The second-order valence-corrected chi connectivity index (χ2v) is 26.7. The largest absolute Gasteiger partial charge is 0.394 e. The molecule has 0 aliphatic carbocycles. The van der Waals surface area contributed by atoms with Crippen molar-refractivity contribution in [1.29, 1.82) is 0 Å².